The molecule has 4 rings (SSSR count). The third-order valence-corrected chi connectivity index (χ3v) is 6.90. The number of pyridine rings is 1. The molecule has 2 heterocycles. The standard InChI is InChI=1S/C27H27F2N3O2S/c1-2-17-4-3-5-18(8-17)14-31-16-24(33)23(11-19-9-21(28)13-22(29)10-19)32-27(34)26-12-20-15-30-7-6-25(20)35-26/h3-10,12-13,15,23-24,31,33H,2,11,14,16H2,1H3,(H,32,34)/t23-,24+/m0/s1. The third-order valence-electron chi connectivity index (χ3n) is 5.78. The molecule has 182 valence electrons. The first-order valence-corrected chi connectivity index (χ1v) is 12.3. The number of carbonyl (C=O) groups is 1. The zero-order valence-corrected chi connectivity index (χ0v) is 20.1. The van der Waals surface area contributed by atoms with Gasteiger partial charge in [-0.2, -0.15) is 0 Å². The van der Waals surface area contributed by atoms with Crippen molar-refractivity contribution in [1.29, 1.82) is 0 Å². The van der Waals surface area contributed by atoms with Crippen LogP contribution in [0.4, 0.5) is 8.78 Å². The van der Waals surface area contributed by atoms with Crippen LogP contribution >= 0.6 is 11.3 Å². The Balaban J connectivity index is 1.47. The summed E-state index contributed by atoms with van der Waals surface area (Å²) >= 11 is 1.32. The van der Waals surface area contributed by atoms with Crippen molar-refractivity contribution in [3.8, 4) is 0 Å². The minimum absolute atomic E-state index is 0.0705. The summed E-state index contributed by atoms with van der Waals surface area (Å²) in [4.78, 5) is 17.6. The van der Waals surface area contributed by atoms with Gasteiger partial charge in [0.25, 0.3) is 5.91 Å². The van der Waals surface area contributed by atoms with Gasteiger partial charge in [0.1, 0.15) is 11.6 Å². The van der Waals surface area contributed by atoms with Crippen LogP contribution in [0.2, 0.25) is 0 Å². The Hall–Kier alpha value is -3.20. The van der Waals surface area contributed by atoms with Crippen molar-refractivity contribution in [2.24, 2.45) is 0 Å². The van der Waals surface area contributed by atoms with E-state index in [-0.39, 0.29) is 18.9 Å². The number of fused-ring (bicyclic) bond motifs is 1. The van der Waals surface area contributed by atoms with Crippen LogP contribution in [0.15, 0.2) is 67.0 Å². The van der Waals surface area contributed by atoms with Gasteiger partial charge in [-0.15, -0.1) is 11.3 Å². The number of benzene rings is 2. The second-order valence-electron chi connectivity index (χ2n) is 8.46. The van der Waals surface area contributed by atoms with Crippen molar-refractivity contribution in [2.75, 3.05) is 6.54 Å². The molecule has 0 aliphatic rings. The number of halogens is 2. The zero-order valence-electron chi connectivity index (χ0n) is 19.3. The second-order valence-corrected chi connectivity index (χ2v) is 9.54. The molecule has 35 heavy (non-hydrogen) atoms. The molecule has 5 nitrogen and oxygen atoms in total. The Bertz CT molecular complexity index is 1260. The molecule has 8 heteroatoms. The molecule has 2 atom stereocenters. The average molecular weight is 496 g/mol. The highest BCUT2D eigenvalue weighted by molar-refractivity contribution is 7.20. The van der Waals surface area contributed by atoms with Crippen molar-refractivity contribution in [3.63, 3.8) is 0 Å². The van der Waals surface area contributed by atoms with Crippen molar-refractivity contribution < 1.29 is 18.7 Å². The van der Waals surface area contributed by atoms with Gasteiger partial charge in [0.15, 0.2) is 0 Å². The van der Waals surface area contributed by atoms with Gasteiger partial charge in [0.2, 0.25) is 0 Å². The predicted octanol–water partition coefficient (Wildman–Crippen LogP) is 4.63. The number of aliphatic hydroxyl groups is 1. The lowest BCUT2D eigenvalue weighted by molar-refractivity contribution is 0.0833. The molecule has 0 aliphatic carbocycles. The summed E-state index contributed by atoms with van der Waals surface area (Å²) in [6, 6.07) is 14.2. The Kier molecular flexibility index (Phi) is 8.17. The molecule has 0 bridgehead atoms. The molecule has 3 N–H and O–H groups in total. The van der Waals surface area contributed by atoms with Crippen molar-refractivity contribution >= 4 is 27.3 Å². The highest BCUT2D eigenvalue weighted by atomic mass is 32.1. The third kappa shape index (κ3) is 6.69. The van der Waals surface area contributed by atoms with Crippen LogP contribution in [0.5, 0.6) is 0 Å². The number of hydrogen-bond donors (Lipinski definition) is 3. The molecule has 0 saturated carbocycles. The maximum Gasteiger partial charge on any atom is 0.261 e. The number of aromatic nitrogens is 1. The first-order chi connectivity index (χ1) is 16.9. The number of nitrogens with one attached hydrogen (secondary N) is 2. The largest absolute Gasteiger partial charge is 0.390 e. The smallest absolute Gasteiger partial charge is 0.261 e. The summed E-state index contributed by atoms with van der Waals surface area (Å²) in [5, 5.41) is 17.9. The van der Waals surface area contributed by atoms with Crippen LogP contribution in [0.1, 0.15) is 33.3 Å². The maximum atomic E-state index is 13.8. The predicted molar refractivity (Wildman–Crippen MR) is 134 cm³/mol. The number of hydrogen-bond acceptors (Lipinski definition) is 5. The van der Waals surface area contributed by atoms with E-state index in [0.29, 0.717) is 17.0 Å². The molecule has 0 unspecified atom stereocenters. The second kappa shape index (κ2) is 11.5. The summed E-state index contributed by atoms with van der Waals surface area (Å²) in [5.74, 6) is -1.77. The van der Waals surface area contributed by atoms with Crippen LogP contribution in [-0.4, -0.2) is 34.7 Å². The van der Waals surface area contributed by atoms with E-state index < -0.39 is 23.8 Å². The summed E-state index contributed by atoms with van der Waals surface area (Å²) in [6.45, 7) is 2.82. The van der Waals surface area contributed by atoms with Crippen molar-refractivity contribution in [1.82, 2.24) is 15.6 Å². The lowest BCUT2D eigenvalue weighted by atomic mass is 10.0. The average Bonchev–Trinajstić information content (AvgIpc) is 3.28. The number of nitrogens with zero attached hydrogens (tertiary/aromatic N) is 1. The van der Waals surface area contributed by atoms with Gasteiger partial charge in [0.05, 0.1) is 17.0 Å². The fraction of sp³-hybridized carbons (Fsp3) is 0.259. The zero-order chi connectivity index (χ0) is 24.8. The molecule has 0 fully saturated rings. The van der Waals surface area contributed by atoms with E-state index >= 15 is 0 Å². The molecule has 1 amide bonds. The topological polar surface area (TPSA) is 74.2 Å². The minimum atomic E-state index is -0.990. The van der Waals surface area contributed by atoms with Gasteiger partial charge in [0, 0.05) is 41.6 Å². The Morgan fingerprint density at radius 1 is 1.06 bits per heavy atom. The summed E-state index contributed by atoms with van der Waals surface area (Å²) in [5.41, 5.74) is 2.66. The highest BCUT2D eigenvalue weighted by Crippen LogP contribution is 2.24. The summed E-state index contributed by atoms with van der Waals surface area (Å²) in [6.07, 6.45) is 3.36. The molecule has 0 spiro atoms. The van der Waals surface area contributed by atoms with Crippen LogP contribution in [0.3, 0.4) is 0 Å². The van der Waals surface area contributed by atoms with Crippen LogP contribution < -0.4 is 10.6 Å². The summed E-state index contributed by atoms with van der Waals surface area (Å²) in [7, 11) is 0. The number of aliphatic hydroxyl groups excluding tert-OH is 1. The molecular formula is C27H27F2N3O2S. The van der Waals surface area contributed by atoms with E-state index in [4.69, 9.17) is 0 Å². The molecule has 0 saturated heterocycles. The lowest BCUT2D eigenvalue weighted by Crippen LogP contribution is -2.48. The SMILES string of the molecule is CCc1cccc(CNC[C@@H](O)[C@H](Cc2cc(F)cc(F)c2)NC(=O)c2cc3cnccc3s2)c1. The number of aryl methyl sites for hydroxylation is 1. The Labute approximate surface area is 206 Å². The van der Waals surface area contributed by atoms with E-state index in [9.17, 15) is 18.7 Å². The normalized spacial score (nSPS) is 13.0. The minimum Gasteiger partial charge on any atom is -0.390 e. The van der Waals surface area contributed by atoms with Gasteiger partial charge in [-0.25, -0.2) is 8.78 Å². The molecule has 0 radical (unpaired) electrons. The number of amides is 1. The number of rotatable bonds is 10. The molecule has 0 aliphatic heterocycles. The lowest BCUT2D eigenvalue weighted by Gasteiger charge is -2.25. The van der Waals surface area contributed by atoms with Crippen LogP contribution in [-0.2, 0) is 19.4 Å². The maximum absolute atomic E-state index is 13.8. The van der Waals surface area contributed by atoms with Gasteiger partial charge in [-0.05, 0) is 53.8 Å². The monoisotopic (exact) mass is 495 g/mol. The van der Waals surface area contributed by atoms with Crippen molar-refractivity contribution in [3.05, 3.63) is 100 Å². The fourth-order valence-electron chi connectivity index (χ4n) is 3.97. The first kappa shape index (κ1) is 24.9. The van der Waals surface area contributed by atoms with Gasteiger partial charge >= 0.3 is 0 Å². The van der Waals surface area contributed by atoms with E-state index in [2.05, 4.69) is 34.7 Å². The van der Waals surface area contributed by atoms with E-state index in [1.54, 1.807) is 18.5 Å². The van der Waals surface area contributed by atoms with Gasteiger partial charge < -0.3 is 15.7 Å². The molecular weight excluding hydrogens is 468 g/mol. The van der Waals surface area contributed by atoms with E-state index in [1.165, 1.54) is 29.0 Å². The van der Waals surface area contributed by atoms with Gasteiger partial charge in [-0.1, -0.05) is 31.2 Å². The van der Waals surface area contributed by atoms with Gasteiger partial charge in [-0.3, -0.25) is 9.78 Å². The van der Waals surface area contributed by atoms with Crippen LogP contribution in [0, 0.1) is 11.6 Å². The van der Waals surface area contributed by atoms with E-state index in [1.807, 2.05) is 18.2 Å². The fourth-order valence-corrected chi connectivity index (χ4v) is 4.90. The Morgan fingerprint density at radius 2 is 1.83 bits per heavy atom. The van der Waals surface area contributed by atoms with E-state index in [0.717, 1.165) is 28.1 Å². The van der Waals surface area contributed by atoms with Crippen molar-refractivity contribution in [2.45, 2.75) is 38.5 Å². The van der Waals surface area contributed by atoms with Crippen LogP contribution in [0.25, 0.3) is 10.1 Å². The molecule has 2 aromatic heterocycles. The number of thiophene rings is 1. The highest BCUT2D eigenvalue weighted by Gasteiger charge is 2.24. The first-order valence-electron chi connectivity index (χ1n) is 11.5. The number of carbonyl (C=O) groups excluding carboxylic acids is 1. The Morgan fingerprint density at radius 3 is 2.57 bits per heavy atom. The summed E-state index contributed by atoms with van der Waals surface area (Å²) < 4.78 is 28.5. The molecule has 2 aromatic carbocycles. The quantitative estimate of drug-likeness (QED) is 0.300. The molecule has 4 aromatic rings.